The summed E-state index contributed by atoms with van der Waals surface area (Å²) >= 11 is 6.26. The molecular weight excluding hydrogens is 302 g/mol. The van der Waals surface area contributed by atoms with Gasteiger partial charge in [0.1, 0.15) is 5.75 Å². The molecule has 0 aliphatic rings. The van der Waals surface area contributed by atoms with Gasteiger partial charge in [0.2, 0.25) is 0 Å². The monoisotopic (exact) mass is 323 g/mol. The van der Waals surface area contributed by atoms with Crippen molar-refractivity contribution < 1.29 is 4.74 Å². The predicted molar refractivity (Wildman–Crippen MR) is 86.0 cm³/mol. The summed E-state index contributed by atoms with van der Waals surface area (Å²) in [6, 6.07) is 5.92. The van der Waals surface area contributed by atoms with Crippen molar-refractivity contribution in [2.45, 2.75) is 45.8 Å². The molecule has 0 bridgehead atoms. The third-order valence-corrected chi connectivity index (χ3v) is 3.67. The second-order valence-corrected chi connectivity index (χ2v) is 5.62. The Hall–Kier alpha value is -1.66. The van der Waals surface area contributed by atoms with Crippen LogP contribution in [0.5, 0.6) is 5.75 Å². The Balaban J connectivity index is 1.72. The summed E-state index contributed by atoms with van der Waals surface area (Å²) < 4.78 is 5.76. The molecule has 22 heavy (non-hydrogen) atoms. The highest BCUT2D eigenvalue weighted by atomic mass is 35.5. The number of benzene rings is 1. The van der Waals surface area contributed by atoms with Gasteiger partial charge in [0.25, 0.3) is 0 Å². The maximum absolute atomic E-state index is 6.26. The number of hydrogen-bond acceptors (Lipinski definition) is 5. The molecule has 1 aromatic heterocycles. The highest BCUT2D eigenvalue weighted by Gasteiger charge is 2.06. The zero-order valence-electron chi connectivity index (χ0n) is 13.0. The average molecular weight is 324 g/mol. The number of nitrogens with zero attached hydrogens (tertiary/aromatic N) is 3. The van der Waals surface area contributed by atoms with Crippen LogP contribution in [-0.2, 0) is 13.0 Å². The molecule has 120 valence electrons. The number of hydrogen-bond donors (Lipinski definition) is 2. The van der Waals surface area contributed by atoms with Gasteiger partial charge in [0, 0.05) is 13.0 Å². The highest BCUT2D eigenvalue weighted by Crippen LogP contribution is 2.26. The molecule has 2 aromatic rings. The molecule has 1 unspecified atom stereocenters. The summed E-state index contributed by atoms with van der Waals surface area (Å²) in [4.78, 5) is 0. The molecule has 0 radical (unpaired) electrons. The smallest absolute Gasteiger partial charge is 0.174 e. The summed E-state index contributed by atoms with van der Waals surface area (Å²) in [7, 11) is 0. The Morgan fingerprint density at radius 1 is 1.41 bits per heavy atom. The lowest BCUT2D eigenvalue weighted by Gasteiger charge is -2.14. The number of aromatic nitrogens is 4. The Bertz CT molecular complexity index is 561. The fourth-order valence-electron chi connectivity index (χ4n) is 1.94. The van der Waals surface area contributed by atoms with E-state index in [-0.39, 0.29) is 6.10 Å². The molecular formula is C15H22ClN5O. The van der Waals surface area contributed by atoms with E-state index in [2.05, 4.69) is 32.9 Å². The van der Waals surface area contributed by atoms with Gasteiger partial charge in [0.15, 0.2) is 5.82 Å². The molecule has 1 heterocycles. The topological polar surface area (TPSA) is 75.7 Å². The third kappa shape index (κ3) is 5.27. The first-order valence-corrected chi connectivity index (χ1v) is 7.95. The number of aromatic amines is 1. The Labute approximate surface area is 135 Å². The summed E-state index contributed by atoms with van der Waals surface area (Å²) in [5, 5.41) is 17.8. The SMILES string of the molecule is CCC(C)Oc1ccc(CNCCCc2nn[nH]n2)cc1Cl. The van der Waals surface area contributed by atoms with E-state index in [0.29, 0.717) is 5.02 Å². The van der Waals surface area contributed by atoms with Gasteiger partial charge in [-0.1, -0.05) is 29.8 Å². The van der Waals surface area contributed by atoms with Crippen molar-refractivity contribution in [2.75, 3.05) is 6.54 Å². The fourth-order valence-corrected chi connectivity index (χ4v) is 2.19. The van der Waals surface area contributed by atoms with E-state index in [1.165, 1.54) is 0 Å². The molecule has 2 rings (SSSR count). The summed E-state index contributed by atoms with van der Waals surface area (Å²) in [5.41, 5.74) is 1.14. The average Bonchev–Trinajstić information content (AvgIpc) is 3.02. The summed E-state index contributed by atoms with van der Waals surface area (Å²) in [6.07, 6.45) is 2.90. The molecule has 7 heteroatoms. The first-order valence-electron chi connectivity index (χ1n) is 7.57. The molecule has 0 aliphatic heterocycles. The van der Waals surface area contributed by atoms with E-state index in [1.54, 1.807) is 0 Å². The van der Waals surface area contributed by atoms with Crippen LogP contribution < -0.4 is 10.1 Å². The van der Waals surface area contributed by atoms with E-state index in [1.807, 2.05) is 25.1 Å². The molecule has 2 N–H and O–H groups in total. The first kappa shape index (κ1) is 16.7. The highest BCUT2D eigenvalue weighted by molar-refractivity contribution is 6.32. The molecule has 6 nitrogen and oxygen atoms in total. The minimum absolute atomic E-state index is 0.173. The largest absolute Gasteiger partial charge is 0.489 e. The maximum atomic E-state index is 6.26. The van der Waals surface area contributed by atoms with Crippen molar-refractivity contribution in [1.29, 1.82) is 0 Å². The van der Waals surface area contributed by atoms with Crippen molar-refractivity contribution in [3.63, 3.8) is 0 Å². The normalized spacial score (nSPS) is 12.3. The van der Waals surface area contributed by atoms with Gasteiger partial charge in [-0.25, -0.2) is 0 Å². The van der Waals surface area contributed by atoms with Crippen LogP contribution in [0.4, 0.5) is 0 Å². The molecule has 1 aromatic carbocycles. The standard InChI is InChI=1S/C15H22ClN5O/c1-3-11(2)22-14-7-6-12(9-13(14)16)10-17-8-4-5-15-18-20-21-19-15/h6-7,9,11,17H,3-5,8,10H2,1-2H3,(H,18,19,20,21). The van der Waals surface area contributed by atoms with E-state index < -0.39 is 0 Å². The molecule has 1 atom stereocenters. The lowest BCUT2D eigenvalue weighted by molar-refractivity contribution is 0.217. The van der Waals surface area contributed by atoms with Crippen molar-refractivity contribution in [3.05, 3.63) is 34.6 Å². The van der Waals surface area contributed by atoms with Crippen LogP contribution in [0.3, 0.4) is 0 Å². The number of tetrazole rings is 1. The van der Waals surface area contributed by atoms with Crippen molar-refractivity contribution in [1.82, 2.24) is 25.9 Å². The van der Waals surface area contributed by atoms with Crippen LogP contribution in [0, 0.1) is 0 Å². The van der Waals surface area contributed by atoms with Gasteiger partial charge in [-0.2, -0.15) is 5.21 Å². The molecule has 0 amide bonds. The number of nitrogens with one attached hydrogen (secondary N) is 2. The van der Waals surface area contributed by atoms with Crippen LogP contribution in [0.1, 0.15) is 38.1 Å². The van der Waals surface area contributed by atoms with E-state index >= 15 is 0 Å². The van der Waals surface area contributed by atoms with Crippen LogP contribution in [0.2, 0.25) is 5.02 Å². The fraction of sp³-hybridized carbons (Fsp3) is 0.533. The maximum Gasteiger partial charge on any atom is 0.174 e. The van der Waals surface area contributed by atoms with E-state index in [9.17, 15) is 0 Å². The zero-order chi connectivity index (χ0) is 15.8. The van der Waals surface area contributed by atoms with Gasteiger partial charge >= 0.3 is 0 Å². The van der Waals surface area contributed by atoms with Crippen LogP contribution >= 0.6 is 11.6 Å². The zero-order valence-corrected chi connectivity index (χ0v) is 13.7. The quantitative estimate of drug-likeness (QED) is 0.694. The van der Waals surface area contributed by atoms with E-state index in [0.717, 1.165) is 49.5 Å². The van der Waals surface area contributed by atoms with Crippen LogP contribution in [-0.4, -0.2) is 33.3 Å². The third-order valence-electron chi connectivity index (χ3n) is 3.37. The van der Waals surface area contributed by atoms with E-state index in [4.69, 9.17) is 16.3 Å². The van der Waals surface area contributed by atoms with Crippen molar-refractivity contribution in [3.8, 4) is 5.75 Å². The van der Waals surface area contributed by atoms with Gasteiger partial charge in [-0.3, -0.25) is 0 Å². The number of aryl methyl sites for hydroxylation is 1. The number of H-pyrrole nitrogens is 1. The minimum atomic E-state index is 0.173. The summed E-state index contributed by atoms with van der Waals surface area (Å²) in [6.45, 7) is 5.79. The molecule has 0 spiro atoms. The first-order chi connectivity index (χ1) is 10.7. The van der Waals surface area contributed by atoms with Crippen LogP contribution in [0.15, 0.2) is 18.2 Å². The Morgan fingerprint density at radius 3 is 2.95 bits per heavy atom. The predicted octanol–water partition coefficient (Wildman–Crippen LogP) is 2.75. The molecule has 0 aliphatic carbocycles. The number of rotatable bonds is 9. The second-order valence-electron chi connectivity index (χ2n) is 5.21. The van der Waals surface area contributed by atoms with Gasteiger partial charge in [-0.15, -0.1) is 10.2 Å². The van der Waals surface area contributed by atoms with Gasteiger partial charge in [0.05, 0.1) is 11.1 Å². The molecule has 0 fully saturated rings. The molecule has 0 saturated heterocycles. The Morgan fingerprint density at radius 2 is 2.27 bits per heavy atom. The lowest BCUT2D eigenvalue weighted by atomic mass is 10.2. The number of halogens is 1. The van der Waals surface area contributed by atoms with Crippen molar-refractivity contribution in [2.24, 2.45) is 0 Å². The number of ether oxygens (including phenoxy) is 1. The van der Waals surface area contributed by atoms with Gasteiger partial charge in [-0.05, 0) is 44.0 Å². The second kappa shape index (κ2) is 8.70. The summed E-state index contributed by atoms with van der Waals surface area (Å²) in [5.74, 6) is 1.49. The Kier molecular flexibility index (Phi) is 6.61. The van der Waals surface area contributed by atoms with Crippen molar-refractivity contribution >= 4 is 11.6 Å². The minimum Gasteiger partial charge on any atom is -0.489 e. The lowest BCUT2D eigenvalue weighted by Crippen LogP contribution is -2.15. The van der Waals surface area contributed by atoms with Gasteiger partial charge < -0.3 is 10.1 Å². The molecule has 0 saturated carbocycles. The van der Waals surface area contributed by atoms with Crippen LogP contribution in [0.25, 0.3) is 0 Å².